The van der Waals surface area contributed by atoms with Crippen molar-refractivity contribution in [1.82, 2.24) is 4.90 Å². The van der Waals surface area contributed by atoms with Gasteiger partial charge in [0.25, 0.3) is 0 Å². The molecule has 3 aromatic carbocycles. The van der Waals surface area contributed by atoms with Crippen molar-refractivity contribution in [3.8, 4) is 0 Å². The van der Waals surface area contributed by atoms with Crippen LogP contribution in [-0.2, 0) is 20.5 Å². The molecule has 6 heteroatoms. The standard InChI is InChI=1S/C28H23N3O3/c32-23(17-9-2-1-3-10-17)24-27(18-11-4-6-13-20(18)29-25(27)33)22-15-8-16-31(22)28(24)19-12-5-7-14-21(19)30-26(28)34/h1-7,9-14,22,24H,8,15-16H2,(H,29,33)(H,30,34)/t22-,24-,27+,28+/m0/s1. The smallest absolute Gasteiger partial charge is 0.250 e. The minimum atomic E-state index is -1.25. The Labute approximate surface area is 197 Å². The molecule has 3 aromatic rings. The monoisotopic (exact) mass is 449 g/mol. The van der Waals surface area contributed by atoms with Gasteiger partial charge < -0.3 is 10.6 Å². The Balaban J connectivity index is 1.59. The molecule has 0 unspecified atom stereocenters. The number of amides is 2. The van der Waals surface area contributed by atoms with Crippen molar-refractivity contribution < 1.29 is 14.4 Å². The van der Waals surface area contributed by atoms with Crippen LogP contribution < -0.4 is 10.6 Å². The summed E-state index contributed by atoms with van der Waals surface area (Å²) in [6.45, 7) is 0.655. The predicted molar refractivity (Wildman–Crippen MR) is 127 cm³/mol. The Bertz CT molecular complexity index is 1310. The van der Waals surface area contributed by atoms with Crippen LogP contribution in [-0.4, -0.2) is 35.1 Å². The van der Waals surface area contributed by atoms with Crippen LogP contribution in [0.15, 0.2) is 78.9 Å². The first kappa shape index (κ1) is 19.7. The molecule has 4 atom stereocenters. The Morgan fingerprint density at radius 3 is 2.18 bits per heavy atom. The quantitative estimate of drug-likeness (QED) is 0.585. The Kier molecular flexibility index (Phi) is 3.84. The van der Waals surface area contributed by atoms with Crippen LogP contribution in [0, 0.1) is 5.92 Å². The highest BCUT2D eigenvalue weighted by atomic mass is 16.2. The number of hydrogen-bond donors (Lipinski definition) is 2. The SMILES string of the molecule is O=C(c1ccccc1)[C@H]1[C@]2(C(=O)Nc3ccccc32)[C@@H]2CCCN2[C@@]12C(=O)Nc1ccccc12. The van der Waals surface area contributed by atoms with Gasteiger partial charge in [0.1, 0.15) is 11.0 Å². The molecule has 4 heterocycles. The largest absolute Gasteiger partial charge is 0.325 e. The maximum atomic E-state index is 14.5. The fraction of sp³-hybridized carbons (Fsp3) is 0.250. The molecule has 7 rings (SSSR count). The normalized spacial score (nSPS) is 30.8. The van der Waals surface area contributed by atoms with Crippen molar-refractivity contribution in [2.24, 2.45) is 5.92 Å². The van der Waals surface area contributed by atoms with Crippen LogP contribution >= 0.6 is 0 Å². The van der Waals surface area contributed by atoms with Crippen LogP contribution in [0.3, 0.4) is 0 Å². The van der Waals surface area contributed by atoms with Gasteiger partial charge in [-0.3, -0.25) is 19.3 Å². The second-order valence-electron chi connectivity index (χ2n) is 9.65. The molecule has 2 fully saturated rings. The van der Waals surface area contributed by atoms with Crippen LogP contribution in [0.25, 0.3) is 0 Å². The molecule has 2 spiro atoms. The number of para-hydroxylation sites is 2. The summed E-state index contributed by atoms with van der Waals surface area (Å²) in [5.41, 5.74) is 1.16. The van der Waals surface area contributed by atoms with Crippen LogP contribution in [0.1, 0.15) is 34.3 Å². The third kappa shape index (κ3) is 2.08. The minimum absolute atomic E-state index is 0.172. The summed E-state index contributed by atoms with van der Waals surface area (Å²) >= 11 is 0. The first-order chi connectivity index (χ1) is 16.6. The molecule has 168 valence electrons. The number of Topliss-reactive ketones (excluding diaryl/α,β-unsaturated/α-hetero) is 1. The summed E-state index contributed by atoms with van der Waals surface area (Å²) in [5, 5.41) is 6.13. The van der Waals surface area contributed by atoms with E-state index < -0.39 is 16.9 Å². The third-order valence-corrected chi connectivity index (χ3v) is 8.35. The molecule has 0 radical (unpaired) electrons. The fourth-order valence-corrected chi connectivity index (χ4v) is 7.27. The zero-order valence-corrected chi connectivity index (χ0v) is 18.5. The van der Waals surface area contributed by atoms with Gasteiger partial charge >= 0.3 is 0 Å². The topological polar surface area (TPSA) is 78.5 Å². The lowest BCUT2D eigenvalue weighted by Gasteiger charge is -2.38. The molecule has 0 aliphatic carbocycles. The van der Waals surface area contributed by atoms with Crippen LogP contribution in [0.2, 0.25) is 0 Å². The second-order valence-corrected chi connectivity index (χ2v) is 9.65. The zero-order chi connectivity index (χ0) is 23.1. The molecule has 0 saturated carbocycles. The summed E-state index contributed by atoms with van der Waals surface area (Å²) in [5.74, 6) is -1.48. The fourth-order valence-electron chi connectivity index (χ4n) is 7.27. The molecule has 4 aliphatic rings. The van der Waals surface area contributed by atoms with Gasteiger partial charge in [-0.15, -0.1) is 0 Å². The molecule has 0 aromatic heterocycles. The Hall–Kier alpha value is -3.77. The number of anilines is 2. The van der Waals surface area contributed by atoms with E-state index >= 15 is 0 Å². The van der Waals surface area contributed by atoms with Gasteiger partial charge in [0.2, 0.25) is 11.8 Å². The number of hydrogen-bond acceptors (Lipinski definition) is 4. The maximum absolute atomic E-state index is 14.5. The van der Waals surface area contributed by atoms with E-state index in [1.54, 1.807) is 12.1 Å². The van der Waals surface area contributed by atoms with E-state index in [9.17, 15) is 14.4 Å². The number of benzene rings is 3. The summed E-state index contributed by atoms with van der Waals surface area (Å²) in [6.07, 6.45) is 1.61. The van der Waals surface area contributed by atoms with E-state index in [0.29, 0.717) is 17.8 Å². The first-order valence-electron chi connectivity index (χ1n) is 11.8. The molecular formula is C28H23N3O3. The molecule has 2 amide bonds. The summed E-state index contributed by atoms with van der Waals surface area (Å²) < 4.78 is 0. The van der Waals surface area contributed by atoms with Gasteiger partial charge in [0.15, 0.2) is 5.78 Å². The first-order valence-corrected chi connectivity index (χ1v) is 11.8. The molecule has 6 nitrogen and oxygen atoms in total. The van der Waals surface area contributed by atoms with E-state index in [1.807, 2.05) is 66.7 Å². The van der Waals surface area contributed by atoms with Crippen molar-refractivity contribution in [2.75, 3.05) is 17.2 Å². The average Bonchev–Trinajstić information content (AvgIpc) is 3.58. The van der Waals surface area contributed by atoms with Crippen LogP contribution in [0.4, 0.5) is 11.4 Å². The highest BCUT2D eigenvalue weighted by Crippen LogP contribution is 2.66. The van der Waals surface area contributed by atoms with Gasteiger partial charge in [-0.25, -0.2) is 0 Å². The second kappa shape index (κ2) is 6.64. The highest BCUT2D eigenvalue weighted by Gasteiger charge is 2.78. The summed E-state index contributed by atoms with van der Waals surface area (Å²) in [4.78, 5) is 44.8. The van der Waals surface area contributed by atoms with Crippen molar-refractivity contribution in [3.63, 3.8) is 0 Å². The number of ketones is 1. The third-order valence-electron chi connectivity index (χ3n) is 8.35. The van der Waals surface area contributed by atoms with Gasteiger partial charge in [-0.05, 0) is 37.1 Å². The summed E-state index contributed by atoms with van der Waals surface area (Å²) in [7, 11) is 0. The number of carbonyl (C=O) groups is 3. The van der Waals surface area contributed by atoms with Gasteiger partial charge in [0, 0.05) is 28.5 Å². The molecule has 0 bridgehead atoms. The predicted octanol–water partition coefficient (Wildman–Crippen LogP) is 3.70. The zero-order valence-electron chi connectivity index (χ0n) is 18.5. The van der Waals surface area contributed by atoms with Crippen molar-refractivity contribution in [3.05, 3.63) is 95.6 Å². The minimum Gasteiger partial charge on any atom is -0.325 e. The lowest BCUT2D eigenvalue weighted by Crippen LogP contribution is -2.55. The van der Waals surface area contributed by atoms with Crippen molar-refractivity contribution in [2.45, 2.75) is 29.8 Å². The number of rotatable bonds is 2. The molecule has 34 heavy (non-hydrogen) atoms. The van der Waals surface area contributed by atoms with Gasteiger partial charge in [0.05, 0.1) is 5.92 Å². The van der Waals surface area contributed by atoms with E-state index in [-0.39, 0.29) is 23.6 Å². The van der Waals surface area contributed by atoms with Gasteiger partial charge in [-0.2, -0.15) is 0 Å². The van der Waals surface area contributed by atoms with Crippen molar-refractivity contribution in [1.29, 1.82) is 0 Å². The van der Waals surface area contributed by atoms with E-state index in [1.165, 1.54) is 0 Å². The Morgan fingerprint density at radius 1 is 0.794 bits per heavy atom. The van der Waals surface area contributed by atoms with E-state index in [4.69, 9.17) is 0 Å². The lowest BCUT2D eigenvalue weighted by molar-refractivity contribution is -0.128. The number of nitrogens with zero attached hydrogens (tertiary/aromatic N) is 1. The lowest BCUT2D eigenvalue weighted by atomic mass is 9.60. The highest BCUT2D eigenvalue weighted by molar-refractivity contribution is 6.18. The maximum Gasteiger partial charge on any atom is 0.250 e. The molecule has 4 aliphatic heterocycles. The average molecular weight is 450 g/mol. The number of nitrogens with one attached hydrogen (secondary N) is 2. The number of carbonyl (C=O) groups excluding carboxylic acids is 3. The molecule has 2 N–H and O–H groups in total. The number of fused-ring (bicyclic) bond motifs is 7. The van der Waals surface area contributed by atoms with Gasteiger partial charge in [-0.1, -0.05) is 66.7 Å². The van der Waals surface area contributed by atoms with E-state index in [0.717, 1.165) is 29.7 Å². The molecule has 2 saturated heterocycles. The summed E-state index contributed by atoms with van der Waals surface area (Å²) in [6, 6.07) is 24.1. The van der Waals surface area contributed by atoms with Crippen LogP contribution in [0.5, 0.6) is 0 Å². The van der Waals surface area contributed by atoms with E-state index in [2.05, 4.69) is 15.5 Å². The molecular weight excluding hydrogens is 426 g/mol. The van der Waals surface area contributed by atoms with Crippen molar-refractivity contribution >= 4 is 29.0 Å². The Morgan fingerprint density at radius 2 is 1.41 bits per heavy atom.